The fourth-order valence-electron chi connectivity index (χ4n) is 3.87. The highest BCUT2D eigenvalue weighted by Crippen LogP contribution is 2.36. The first-order valence-electron chi connectivity index (χ1n) is 9.36. The molecule has 0 radical (unpaired) electrons. The minimum Gasteiger partial charge on any atom is -0.338 e. The predicted molar refractivity (Wildman–Crippen MR) is 107 cm³/mol. The summed E-state index contributed by atoms with van der Waals surface area (Å²) in [6.07, 6.45) is 3.94. The van der Waals surface area contributed by atoms with Crippen LogP contribution in [0.5, 0.6) is 0 Å². The maximum Gasteiger partial charge on any atom is 0.242 e. The lowest BCUT2D eigenvalue weighted by atomic mass is 9.88. The molecule has 0 aliphatic heterocycles. The summed E-state index contributed by atoms with van der Waals surface area (Å²) in [4.78, 5) is 4.46. The summed E-state index contributed by atoms with van der Waals surface area (Å²) >= 11 is 0. The minimum absolute atomic E-state index is 0.0662. The number of rotatable bonds is 5. The molecule has 6 nitrogen and oxygen atoms in total. The van der Waals surface area contributed by atoms with Crippen molar-refractivity contribution in [3.63, 3.8) is 0 Å². The van der Waals surface area contributed by atoms with Crippen LogP contribution in [0.3, 0.4) is 0 Å². The van der Waals surface area contributed by atoms with Gasteiger partial charge in [-0.1, -0.05) is 53.7 Å². The van der Waals surface area contributed by atoms with E-state index in [9.17, 15) is 8.42 Å². The summed E-state index contributed by atoms with van der Waals surface area (Å²) in [5, 5.41) is 4.06. The number of aryl methyl sites for hydroxylation is 2. The van der Waals surface area contributed by atoms with Crippen LogP contribution in [0.25, 0.3) is 11.4 Å². The van der Waals surface area contributed by atoms with Crippen LogP contribution in [0.15, 0.2) is 53.1 Å². The third-order valence-electron chi connectivity index (χ3n) is 5.26. The van der Waals surface area contributed by atoms with Crippen LogP contribution in [0, 0.1) is 6.92 Å². The second-order valence-electron chi connectivity index (χ2n) is 7.24. The predicted octanol–water partition coefficient (Wildman–Crippen LogP) is 3.88. The van der Waals surface area contributed by atoms with Crippen LogP contribution < -0.4 is 0 Å². The molecule has 0 spiro atoms. The number of sulfonamides is 1. The first kappa shape index (κ1) is 18.8. The molecular formula is C21H23N3O3S. The second-order valence-corrected chi connectivity index (χ2v) is 9.18. The van der Waals surface area contributed by atoms with Gasteiger partial charge < -0.3 is 4.52 Å². The van der Waals surface area contributed by atoms with Gasteiger partial charge in [0.1, 0.15) is 0 Å². The summed E-state index contributed by atoms with van der Waals surface area (Å²) in [5.74, 6) is 0.775. The van der Waals surface area contributed by atoms with E-state index < -0.39 is 10.0 Å². The van der Waals surface area contributed by atoms with Crippen molar-refractivity contribution in [3.05, 3.63) is 71.1 Å². The van der Waals surface area contributed by atoms with Gasteiger partial charge in [0.2, 0.25) is 21.7 Å². The second kappa shape index (κ2) is 7.48. The molecule has 2 aromatic carbocycles. The van der Waals surface area contributed by atoms with E-state index in [2.05, 4.69) is 16.2 Å². The molecule has 0 amide bonds. The zero-order valence-corrected chi connectivity index (χ0v) is 16.8. The van der Waals surface area contributed by atoms with Gasteiger partial charge in [-0.05, 0) is 42.9 Å². The van der Waals surface area contributed by atoms with E-state index in [1.165, 1.54) is 16.1 Å². The van der Waals surface area contributed by atoms with Gasteiger partial charge in [0.25, 0.3) is 0 Å². The van der Waals surface area contributed by atoms with Crippen LogP contribution in [-0.2, 0) is 23.0 Å². The zero-order chi connectivity index (χ0) is 19.7. The highest BCUT2D eigenvalue weighted by Gasteiger charge is 2.33. The molecule has 0 unspecified atom stereocenters. The number of nitrogens with zero attached hydrogens (tertiary/aromatic N) is 3. The Morgan fingerprint density at radius 3 is 2.68 bits per heavy atom. The normalized spacial score (nSPS) is 16.9. The molecule has 0 bridgehead atoms. The largest absolute Gasteiger partial charge is 0.338 e. The first-order chi connectivity index (χ1) is 13.4. The Morgan fingerprint density at radius 1 is 1.14 bits per heavy atom. The third-order valence-corrected chi connectivity index (χ3v) is 6.49. The average molecular weight is 398 g/mol. The van der Waals surface area contributed by atoms with Gasteiger partial charge in [0.05, 0.1) is 18.8 Å². The maximum absolute atomic E-state index is 12.6. The molecule has 1 atom stereocenters. The van der Waals surface area contributed by atoms with Gasteiger partial charge in [-0.2, -0.15) is 9.29 Å². The van der Waals surface area contributed by atoms with Gasteiger partial charge in [0.15, 0.2) is 0 Å². The van der Waals surface area contributed by atoms with Crippen LogP contribution in [0.4, 0.5) is 0 Å². The fourth-order valence-corrected chi connectivity index (χ4v) is 4.90. The van der Waals surface area contributed by atoms with E-state index in [1.807, 2.05) is 49.4 Å². The monoisotopic (exact) mass is 397 g/mol. The Balaban J connectivity index is 1.66. The Hall–Kier alpha value is -2.51. The number of hydrogen-bond acceptors (Lipinski definition) is 5. The number of benzene rings is 2. The standard InChI is InChI=1S/C21H23N3O3S/c1-15-8-3-5-11-17(15)21-22-20(27-23-21)14-24(28(2,25)26)19-13-7-10-16-9-4-6-12-18(16)19/h3-6,8-9,11-12,19H,7,10,13-14H2,1-2H3/t19-/m1/s1. The third kappa shape index (κ3) is 3.72. The van der Waals surface area contributed by atoms with Crippen molar-refractivity contribution >= 4 is 10.0 Å². The Kier molecular flexibility index (Phi) is 5.03. The summed E-state index contributed by atoms with van der Waals surface area (Å²) in [6.45, 7) is 2.05. The van der Waals surface area contributed by atoms with E-state index >= 15 is 0 Å². The van der Waals surface area contributed by atoms with Crippen molar-refractivity contribution in [2.75, 3.05) is 6.26 Å². The lowest BCUT2D eigenvalue weighted by Gasteiger charge is -2.33. The fraction of sp³-hybridized carbons (Fsp3) is 0.333. The molecule has 146 valence electrons. The van der Waals surface area contributed by atoms with E-state index in [1.54, 1.807) is 0 Å². The lowest BCUT2D eigenvalue weighted by molar-refractivity contribution is 0.251. The highest BCUT2D eigenvalue weighted by molar-refractivity contribution is 7.88. The van der Waals surface area contributed by atoms with Crippen LogP contribution in [0.2, 0.25) is 0 Å². The molecule has 0 N–H and O–H groups in total. The summed E-state index contributed by atoms with van der Waals surface area (Å²) < 4.78 is 32.1. The van der Waals surface area contributed by atoms with Crippen molar-refractivity contribution in [1.82, 2.24) is 14.4 Å². The van der Waals surface area contributed by atoms with E-state index in [0.29, 0.717) is 11.7 Å². The van der Waals surface area contributed by atoms with Crippen molar-refractivity contribution < 1.29 is 12.9 Å². The van der Waals surface area contributed by atoms with Gasteiger partial charge >= 0.3 is 0 Å². The van der Waals surface area contributed by atoms with Gasteiger partial charge in [-0.15, -0.1) is 0 Å². The molecule has 1 aromatic heterocycles. The molecule has 3 aromatic rings. The lowest BCUT2D eigenvalue weighted by Crippen LogP contribution is -2.35. The van der Waals surface area contributed by atoms with Gasteiger partial charge in [-0.3, -0.25) is 0 Å². The molecule has 1 aliphatic carbocycles. The van der Waals surface area contributed by atoms with E-state index in [-0.39, 0.29) is 12.6 Å². The quantitative estimate of drug-likeness (QED) is 0.653. The molecule has 0 saturated carbocycles. The van der Waals surface area contributed by atoms with Crippen molar-refractivity contribution in [3.8, 4) is 11.4 Å². The maximum atomic E-state index is 12.6. The number of fused-ring (bicyclic) bond motifs is 1. The van der Waals surface area contributed by atoms with Crippen LogP contribution >= 0.6 is 0 Å². The molecule has 4 rings (SSSR count). The first-order valence-corrected chi connectivity index (χ1v) is 11.2. The van der Waals surface area contributed by atoms with Crippen molar-refractivity contribution in [2.24, 2.45) is 0 Å². The topological polar surface area (TPSA) is 76.3 Å². The molecule has 28 heavy (non-hydrogen) atoms. The minimum atomic E-state index is -3.46. The molecule has 1 heterocycles. The Bertz CT molecular complexity index is 1090. The van der Waals surface area contributed by atoms with Crippen LogP contribution in [0.1, 0.15) is 41.5 Å². The molecule has 0 fully saturated rings. The summed E-state index contributed by atoms with van der Waals surface area (Å²) in [5.41, 5.74) is 4.19. The van der Waals surface area contributed by atoms with Crippen molar-refractivity contribution in [2.45, 2.75) is 38.8 Å². The SMILES string of the molecule is Cc1ccccc1-c1noc(CN([C@@H]2CCCc3ccccc32)S(C)(=O)=O)n1. The highest BCUT2D eigenvalue weighted by atomic mass is 32.2. The smallest absolute Gasteiger partial charge is 0.242 e. The Labute approximate surface area is 165 Å². The van der Waals surface area contributed by atoms with Crippen LogP contribution in [-0.4, -0.2) is 29.1 Å². The number of aromatic nitrogens is 2. The van der Waals surface area contributed by atoms with E-state index in [4.69, 9.17) is 4.52 Å². The molecule has 7 heteroatoms. The van der Waals surface area contributed by atoms with Crippen molar-refractivity contribution in [1.29, 1.82) is 0 Å². The van der Waals surface area contributed by atoms with E-state index in [0.717, 1.165) is 36.0 Å². The Morgan fingerprint density at radius 2 is 1.89 bits per heavy atom. The van der Waals surface area contributed by atoms with Gasteiger partial charge in [-0.25, -0.2) is 8.42 Å². The molecule has 1 aliphatic rings. The average Bonchev–Trinajstić information content (AvgIpc) is 3.14. The number of hydrogen-bond donors (Lipinski definition) is 0. The molecule has 0 saturated heterocycles. The van der Waals surface area contributed by atoms with Gasteiger partial charge in [0, 0.05) is 5.56 Å². The molecular weight excluding hydrogens is 374 g/mol. The zero-order valence-electron chi connectivity index (χ0n) is 16.0. The summed E-state index contributed by atoms with van der Waals surface area (Å²) in [7, 11) is -3.46. The summed E-state index contributed by atoms with van der Waals surface area (Å²) in [6, 6.07) is 15.6.